The van der Waals surface area contributed by atoms with Crippen molar-refractivity contribution in [1.29, 1.82) is 0 Å². The van der Waals surface area contributed by atoms with Crippen LogP contribution in [0.3, 0.4) is 0 Å². The summed E-state index contributed by atoms with van der Waals surface area (Å²) in [6, 6.07) is 7.52. The highest BCUT2D eigenvalue weighted by Crippen LogP contribution is 2.26. The number of hydrogen-bond donors (Lipinski definition) is 1. The van der Waals surface area contributed by atoms with Crippen LogP contribution in [0.15, 0.2) is 24.3 Å². The molecule has 0 spiro atoms. The van der Waals surface area contributed by atoms with Crippen LogP contribution in [0.4, 0.5) is 5.69 Å². The predicted molar refractivity (Wildman–Crippen MR) is 86.5 cm³/mol. The molecule has 1 saturated heterocycles. The average Bonchev–Trinajstić information content (AvgIpc) is 2.47. The molecular weight excluding hydrogens is 286 g/mol. The second-order valence-corrected chi connectivity index (χ2v) is 7.31. The molecule has 21 heavy (non-hydrogen) atoms. The lowest BCUT2D eigenvalue weighted by molar-refractivity contribution is 0.257. The van der Waals surface area contributed by atoms with Crippen molar-refractivity contribution in [2.75, 3.05) is 23.9 Å². The van der Waals surface area contributed by atoms with Crippen molar-refractivity contribution in [2.24, 2.45) is 5.73 Å². The third kappa shape index (κ3) is 3.39. The summed E-state index contributed by atoms with van der Waals surface area (Å²) in [6.07, 6.45) is 2.80. The fourth-order valence-electron chi connectivity index (χ4n) is 2.90. The minimum absolute atomic E-state index is 0.0809. The minimum atomic E-state index is -3.52. The number of nitrogens with two attached hydrogens (primary N) is 1. The Hall–Kier alpha value is -1.11. The van der Waals surface area contributed by atoms with Crippen molar-refractivity contribution in [3.05, 3.63) is 29.8 Å². The van der Waals surface area contributed by atoms with Crippen molar-refractivity contribution in [2.45, 2.75) is 39.2 Å². The number of benzene rings is 1. The highest BCUT2D eigenvalue weighted by molar-refractivity contribution is 7.90. The fraction of sp³-hybridized carbons (Fsp3) is 0.600. The molecule has 1 aliphatic heterocycles. The lowest BCUT2D eigenvalue weighted by atomic mass is 10.1. The van der Waals surface area contributed by atoms with E-state index in [1.54, 1.807) is 4.31 Å². The van der Waals surface area contributed by atoms with Gasteiger partial charge in [0.25, 0.3) is 0 Å². The quantitative estimate of drug-likeness (QED) is 0.903. The van der Waals surface area contributed by atoms with E-state index in [1.165, 1.54) is 4.31 Å². The van der Waals surface area contributed by atoms with Gasteiger partial charge in [-0.15, -0.1) is 0 Å². The number of nitrogens with zero attached hydrogens (tertiary/aromatic N) is 2. The molecule has 0 aromatic heterocycles. The number of hydrogen-bond acceptors (Lipinski definition) is 3. The first-order valence-corrected chi connectivity index (χ1v) is 8.96. The van der Waals surface area contributed by atoms with Crippen molar-refractivity contribution < 1.29 is 8.42 Å². The molecule has 0 aliphatic carbocycles. The molecule has 2 N–H and O–H groups in total. The molecule has 0 bridgehead atoms. The van der Waals surface area contributed by atoms with E-state index in [2.05, 4.69) is 0 Å². The summed E-state index contributed by atoms with van der Waals surface area (Å²) in [4.78, 5) is 0. The molecule has 0 radical (unpaired) electrons. The van der Waals surface area contributed by atoms with E-state index in [4.69, 9.17) is 5.73 Å². The van der Waals surface area contributed by atoms with Crippen LogP contribution >= 0.6 is 0 Å². The Balaban J connectivity index is 2.35. The van der Waals surface area contributed by atoms with Gasteiger partial charge in [0.05, 0.1) is 5.69 Å². The van der Waals surface area contributed by atoms with Crippen molar-refractivity contribution in [1.82, 2.24) is 4.31 Å². The Kier molecular flexibility index (Phi) is 5.24. The first-order chi connectivity index (χ1) is 10.0. The number of aryl methyl sites for hydroxylation is 1. The Morgan fingerprint density at radius 1 is 1.38 bits per heavy atom. The molecule has 6 heteroatoms. The van der Waals surface area contributed by atoms with E-state index >= 15 is 0 Å². The summed E-state index contributed by atoms with van der Waals surface area (Å²) in [5.41, 5.74) is 7.54. The Bertz CT molecular complexity index is 574. The van der Waals surface area contributed by atoms with E-state index in [-0.39, 0.29) is 6.04 Å². The van der Waals surface area contributed by atoms with Gasteiger partial charge >= 0.3 is 10.2 Å². The molecule has 1 aromatic carbocycles. The minimum Gasteiger partial charge on any atom is -0.329 e. The van der Waals surface area contributed by atoms with Crippen LogP contribution in [0.5, 0.6) is 0 Å². The van der Waals surface area contributed by atoms with Gasteiger partial charge in [0.1, 0.15) is 0 Å². The maximum atomic E-state index is 13.0. The summed E-state index contributed by atoms with van der Waals surface area (Å²) in [7, 11) is -3.52. The van der Waals surface area contributed by atoms with E-state index in [9.17, 15) is 8.42 Å². The van der Waals surface area contributed by atoms with Crippen LogP contribution in [-0.4, -0.2) is 38.4 Å². The highest BCUT2D eigenvalue weighted by Gasteiger charge is 2.35. The first-order valence-electron chi connectivity index (χ1n) is 7.57. The molecule has 0 amide bonds. The summed E-state index contributed by atoms with van der Waals surface area (Å²) < 4.78 is 29.1. The zero-order valence-electron chi connectivity index (χ0n) is 12.8. The van der Waals surface area contributed by atoms with Crippen LogP contribution in [0, 0.1) is 6.92 Å². The molecule has 1 heterocycles. The van der Waals surface area contributed by atoms with Crippen LogP contribution in [0.25, 0.3) is 0 Å². The van der Waals surface area contributed by atoms with E-state index in [0.717, 1.165) is 30.5 Å². The lowest BCUT2D eigenvalue weighted by Crippen LogP contribution is -2.53. The summed E-state index contributed by atoms with van der Waals surface area (Å²) in [5, 5.41) is 0. The van der Waals surface area contributed by atoms with Gasteiger partial charge in [-0.1, -0.05) is 18.6 Å². The summed E-state index contributed by atoms with van der Waals surface area (Å²) in [5.74, 6) is 0. The van der Waals surface area contributed by atoms with E-state index < -0.39 is 10.2 Å². The van der Waals surface area contributed by atoms with Gasteiger partial charge in [0.15, 0.2) is 0 Å². The van der Waals surface area contributed by atoms with Gasteiger partial charge < -0.3 is 5.73 Å². The van der Waals surface area contributed by atoms with Crippen LogP contribution in [-0.2, 0) is 10.2 Å². The molecule has 1 aliphatic rings. The predicted octanol–water partition coefficient (Wildman–Crippen LogP) is 1.88. The number of rotatable bonds is 5. The lowest BCUT2D eigenvalue weighted by Gasteiger charge is -2.38. The van der Waals surface area contributed by atoms with Gasteiger partial charge in [0, 0.05) is 25.7 Å². The zero-order valence-corrected chi connectivity index (χ0v) is 13.6. The number of piperidine rings is 1. The van der Waals surface area contributed by atoms with Crippen molar-refractivity contribution >= 4 is 15.9 Å². The van der Waals surface area contributed by atoms with E-state index in [1.807, 2.05) is 38.1 Å². The van der Waals surface area contributed by atoms with Gasteiger partial charge in [-0.3, -0.25) is 4.31 Å². The van der Waals surface area contributed by atoms with Gasteiger partial charge in [-0.25, -0.2) is 0 Å². The monoisotopic (exact) mass is 311 g/mol. The molecule has 1 fully saturated rings. The normalized spacial score (nSPS) is 20.4. The Morgan fingerprint density at radius 3 is 2.76 bits per heavy atom. The molecule has 1 aromatic rings. The average molecular weight is 311 g/mol. The molecular formula is C15H25N3O2S. The molecule has 1 atom stereocenters. The van der Waals surface area contributed by atoms with Crippen LogP contribution in [0.2, 0.25) is 0 Å². The van der Waals surface area contributed by atoms with Crippen molar-refractivity contribution in [3.63, 3.8) is 0 Å². The third-order valence-corrected chi connectivity index (χ3v) is 6.10. The second kappa shape index (κ2) is 6.77. The Labute approximate surface area is 127 Å². The maximum Gasteiger partial charge on any atom is 0.304 e. The van der Waals surface area contributed by atoms with Crippen LogP contribution < -0.4 is 10.0 Å². The van der Waals surface area contributed by atoms with Gasteiger partial charge in [-0.2, -0.15) is 12.7 Å². The second-order valence-electron chi connectivity index (χ2n) is 5.51. The highest BCUT2D eigenvalue weighted by atomic mass is 32.2. The molecule has 5 nitrogen and oxygen atoms in total. The first kappa shape index (κ1) is 16.3. The Morgan fingerprint density at radius 2 is 2.14 bits per heavy atom. The topological polar surface area (TPSA) is 66.6 Å². The SMILES string of the molecule is CCN(c1cccc(C)c1)S(=O)(=O)N1CCCCC1CN. The molecule has 2 rings (SSSR count). The van der Waals surface area contributed by atoms with E-state index in [0.29, 0.717) is 19.6 Å². The molecule has 0 saturated carbocycles. The summed E-state index contributed by atoms with van der Waals surface area (Å²) in [6.45, 7) is 5.19. The van der Waals surface area contributed by atoms with Gasteiger partial charge in [0.2, 0.25) is 0 Å². The number of anilines is 1. The van der Waals surface area contributed by atoms with Crippen LogP contribution in [0.1, 0.15) is 31.7 Å². The van der Waals surface area contributed by atoms with Gasteiger partial charge in [-0.05, 0) is 44.4 Å². The van der Waals surface area contributed by atoms with Crippen molar-refractivity contribution in [3.8, 4) is 0 Å². The molecule has 118 valence electrons. The summed E-state index contributed by atoms with van der Waals surface area (Å²) >= 11 is 0. The largest absolute Gasteiger partial charge is 0.329 e. The standard InChI is InChI=1S/C15H25N3O2S/c1-3-17(14-9-6-7-13(2)11-14)21(19,20)18-10-5-4-8-15(18)12-16/h6-7,9,11,15H,3-5,8,10,12,16H2,1-2H3. The zero-order chi connectivity index (χ0) is 15.5. The molecule has 1 unspecified atom stereocenters. The maximum absolute atomic E-state index is 13.0. The fourth-order valence-corrected chi connectivity index (χ4v) is 4.79. The smallest absolute Gasteiger partial charge is 0.304 e. The third-order valence-electron chi connectivity index (χ3n) is 4.00.